The van der Waals surface area contributed by atoms with Gasteiger partial charge in [0.2, 0.25) is 0 Å². The van der Waals surface area contributed by atoms with Crippen LogP contribution in [0.4, 0.5) is 0 Å². The van der Waals surface area contributed by atoms with Crippen molar-refractivity contribution < 1.29 is 4.79 Å². The van der Waals surface area contributed by atoms with Gasteiger partial charge in [0.05, 0.1) is 11.1 Å². The van der Waals surface area contributed by atoms with E-state index < -0.39 is 0 Å². The molecule has 0 N–H and O–H groups in total. The number of hydrogen-bond acceptors (Lipinski definition) is 5. The van der Waals surface area contributed by atoms with Gasteiger partial charge in [-0.2, -0.15) is 0 Å². The Bertz CT molecular complexity index is 1260. The van der Waals surface area contributed by atoms with Gasteiger partial charge in [0.1, 0.15) is 16.2 Å². The van der Waals surface area contributed by atoms with E-state index in [-0.39, 0.29) is 5.78 Å². The molecule has 0 aliphatic rings. The molecule has 31 heavy (non-hydrogen) atoms. The van der Waals surface area contributed by atoms with Crippen molar-refractivity contribution in [2.24, 2.45) is 0 Å². The lowest BCUT2D eigenvalue weighted by Gasteiger charge is -2.09. The summed E-state index contributed by atoms with van der Waals surface area (Å²) in [5.74, 6) is 0.977. The van der Waals surface area contributed by atoms with Crippen LogP contribution >= 0.6 is 23.1 Å². The van der Waals surface area contributed by atoms with Crippen LogP contribution < -0.4 is 0 Å². The minimum Gasteiger partial charge on any atom is -0.293 e. The zero-order chi connectivity index (χ0) is 22.1. The molecule has 0 radical (unpaired) electrons. The number of thiophene rings is 1. The van der Waals surface area contributed by atoms with E-state index in [2.05, 4.69) is 61.9 Å². The highest BCUT2D eigenvalue weighted by molar-refractivity contribution is 8.00. The third-order valence-corrected chi connectivity index (χ3v) is 7.67. The second kappa shape index (κ2) is 8.93. The number of Topliss-reactive ketones (excluding diaryl/α,β-unsaturated/α-hetero) is 1. The Morgan fingerprint density at radius 2 is 1.74 bits per heavy atom. The molecule has 0 aliphatic heterocycles. The number of carbonyl (C=O) groups is 1. The van der Waals surface area contributed by atoms with Crippen LogP contribution in [0.1, 0.15) is 51.7 Å². The largest absolute Gasteiger partial charge is 0.293 e. The number of rotatable bonds is 6. The van der Waals surface area contributed by atoms with Gasteiger partial charge >= 0.3 is 0 Å². The molecular formula is C26H26N2OS2. The first kappa shape index (κ1) is 21.7. The molecule has 4 aromatic rings. The monoisotopic (exact) mass is 446 g/mol. The van der Waals surface area contributed by atoms with Crippen LogP contribution in [0, 0.1) is 20.8 Å². The van der Waals surface area contributed by atoms with Crippen molar-refractivity contribution in [3.63, 3.8) is 0 Å². The lowest BCUT2D eigenvalue weighted by molar-refractivity contribution is 0.102. The second-order valence-electron chi connectivity index (χ2n) is 8.18. The molecule has 3 nitrogen and oxygen atoms in total. The van der Waals surface area contributed by atoms with Crippen LogP contribution in [0.5, 0.6) is 0 Å². The van der Waals surface area contributed by atoms with Gasteiger partial charge in [-0.1, -0.05) is 62.0 Å². The van der Waals surface area contributed by atoms with E-state index in [1.165, 1.54) is 38.9 Å². The van der Waals surface area contributed by atoms with E-state index in [0.29, 0.717) is 11.7 Å². The standard InChI is InChI=1S/C26H26N2OS2/c1-15(2)19-8-10-20(11-9-19)23-18(5)31-26-24(23)25(27-14-28-26)30-13-22(29)21-7-6-16(3)17(4)12-21/h6-12,14-15H,13H2,1-5H3. The molecule has 0 spiro atoms. The molecule has 0 aliphatic carbocycles. The summed E-state index contributed by atoms with van der Waals surface area (Å²) in [6.45, 7) is 10.6. The molecule has 0 bridgehead atoms. The first-order valence-corrected chi connectivity index (χ1v) is 12.2. The van der Waals surface area contributed by atoms with Crippen molar-refractivity contribution in [3.05, 3.63) is 75.9 Å². The summed E-state index contributed by atoms with van der Waals surface area (Å²) in [7, 11) is 0. The summed E-state index contributed by atoms with van der Waals surface area (Å²) in [6.07, 6.45) is 1.60. The van der Waals surface area contributed by atoms with E-state index in [1.807, 2.05) is 25.1 Å². The molecule has 2 aromatic heterocycles. The minimum absolute atomic E-state index is 0.120. The minimum atomic E-state index is 0.120. The van der Waals surface area contributed by atoms with Crippen molar-refractivity contribution in [3.8, 4) is 11.1 Å². The number of ketones is 1. The zero-order valence-corrected chi connectivity index (χ0v) is 20.2. The van der Waals surface area contributed by atoms with Crippen molar-refractivity contribution >= 4 is 39.1 Å². The molecular weight excluding hydrogens is 420 g/mol. The summed E-state index contributed by atoms with van der Waals surface area (Å²) in [6, 6.07) is 14.7. The highest BCUT2D eigenvalue weighted by Gasteiger charge is 2.18. The van der Waals surface area contributed by atoms with Crippen LogP contribution in [0.25, 0.3) is 21.3 Å². The topological polar surface area (TPSA) is 42.9 Å². The van der Waals surface area contributed by atoms with Crippen LogP contribution in [0.3, 0.4) is 0 Å². The first-order valence-electron chi connectivity index (χ1n) is 10.4. The lowest BCUT2D eigenvalue weighted by atomic mass is 9.98. The number of aryl methyl sites for hydroxylation is 3. The maximum atomic E-state index is 12.8. The van der Waals surface area contributed by atoms with E-state index in [9.17, 15) is 4.79 Å². The molecule has 0 amide bonds. The number of thioether (sulfide) groups is 1. The predicted octanol–water partition coefficient (Wildman–Crippen LogP) is 7.38. The average molecular weight is 447 g/mol. The molecule has 2 heterocycles. The van der Waals surface area contributed by atoms with E-state index in [4.69, 9.17) is 0 Å². The number of nitrogens with zero attached hydrogens (tertiary/aromatic N) is 2. The van der Waals surface area contributed by atoms with E-state index in [0.717, 1.165) is 26.4 Å². The van der Waals surface area contributed by atoms with Gasteiger partial charge in [-0.25, -0.2) is 9.97 Å². The smallest absolute Gasteiger partial charge is 0.173 e. The Morgan fingerprint density at radius 1 is 1.00 bits per heavy atom. The highest BCUT2D eigenvalue weighted by Crippen LogP contribution is 2.41. The quantitative estimate of drug-likeness (QED) is 0.176. The van der Waals surface area contributed by atoms with Gasteiger partial charge in [-0.15, -0.1) is 11.3 Å². The third-order valence-electron chi connectivity index (χ3n) is 5.66. The fourth-order valence-electron chi connectivity index (χ4n) is 3.64. The number of carbonyl (C=O) groups excluding carboxylic acids is 1. The van der Waals surface area contributed by atoms with Crippen LogP contribution in [-0.4, -0.2) is 21.5 Å². The molecule has 2 aromatic carbocycles. The lowest BCUT2D eigenvalue weighted by Crippen LogP contribution is -2.03. The Labute approximate surface area is 192 Å². The first-order chi connectivity index (χ1) is 14.8. The number of fused-ring (bicyclic) bond motifs is 1. The highest BCUT2D eigenvalue weighted by atomic mass is 32.2. The SMILES string of the molecule is Cc1ccc(C(=O)CSc2ncnc3sc(C)c(-c4ccc(C(C)C)cc4)c23)cc1C. The Kier molecular flexibility index (Phi) is 6.26. The fourth-order valence-corrected chi connectivity index (χ4v) is 5.62. The summed E-state index contributed by atoms with van der Waals surface area (Å²) >= 11 is 3.18. The number of hydrogen-bond donors (Lipinski definition) is 0. The van der Waals surface area contributed by atoms with Gasteiger partial charge in [-0.05, 0) is 55.0 Å². The van der Waals surface area contributed by atoms with Gasteiger partial charge < -0.3 is 0 Å². The van der Waals surface area contributed by atoms with Gasteiger partial charge in [-0.3, -0.25) is 4.79 Å². The molecule has 0 saturated carbocycles. The summed E-state index contributed by atoms with van der Waals surface area (Å²) in [5.41, 5.74) is 6.77. The molecule has 4 rings (SSSR count). The van der Waals surface area contributed by atoms with E-state index >= 15 is 0 Å². The van der Waals surface area contributed by atoms with Crippen molar-refractivity contribution in [2.45, 2.75) is 45.6 Å². The molecule has 5 heteroatoms. The maximum Gasteiger partial charge on any atom is 0.173 e. The fraction of sp³-hybridized carbons (Fsp3) is 0.269. The van der Waals surface area contributed by atoms with Gasteiger partial charge in [0, 0.05) is 16.0 Å². The molecule has 158 valence electrons. The maximum absolute atomic E-state index is 12.8. The molecule has 0 fully saturated rings. The normalized spacial score (nSPS) is 11.4. The predicted molar refractivity (Wildman–Crippen MR) is 133 cm³/mol. The average Bonchev–Trinajstić information content (AvgIpc) is 3.10. The van der Waals surface area contributed by atoms with Crippen molar-refractivity contribution in [2.75, 3.05) is 5.75 Å². The van der Waals surface area contributed by atoms with E-state index in [1.54, 1.807) is 17.7 Å². The summed E-state index contributed by atoms with van der Waals surface area (Å²) in [4.78, 5) is 24.1. The summed E-state index contributed by atoms with van der Waals surface area (Å²) in [5, 5.41) is 1.93. The summed E-state index contributed by atoms with van der Waals surface area (Å²) < 4.78 is 0. The van der Waals surface area contributed by atoms with Gasteiger partial charge in [0.25, 0.3) is 0 Å². The number of benzene rings is 2. The molecule has 0 atom stereocenters. The number of aromatic nitrogens is 2. The second-order valence-corrected chi connectivity index (χ2v) is 10.3. The third kappa shape index (κ3) is 4.43. The van der Waals surface area contributed by atoms with Crippen LogP contribution in [-0.2, 0) is 0 Å². The van der Waals surface area contributed by atoms with Crippen molar-refractivity contribution in [1.82, 2.24) is 9.97 Å². The Hall–Kier alpha value is -2.50. The van der Waals surface area contributed by atoms with Crippen LogP contribution in [0.2, 0.25) is 0 Å². The molecule has 0 unspecified atom stereocenters. The Morgan fingerprint density at radius 3 is 2.42 bits per heavy atom. The zero-order valence-electron chi connectivity index (χ0n) is 18.5. The van der Waals surface area contributed by atoms with Crippen molar-refractivity contribution in [1.29, 1.82) is 0 Å². The van der Waals surface area contributed by atoms with Gasteiger partial charge in [0.15, 0.2) is 5.78 Å². The van der Waals surface area contributed by atoms with Crippen LogP contribution in [0.15, 0.2) is 53.8 Å². The molecule has 0 saturated heterocycles. The Balaban J connectivity index is 1.67.